The molecule has 0 fully saturated rings. The summed E-state index contributed by atoms with van der Waals surface area (Å²) in [4.78, 5) is 0. The van der Waals surface area contributed by atoms with E-state index in [0.29, 0.717) is 17.0 Å². The van der Waals surface area contributed by atoms with Crippen LogP contribution in [0, 0.1) is 20.8 Å². The summed E-state index contributed by atoms with van der Waals surface area (Å²) >= 11 is 3.40. The molecule has 0 saturated carbocycles. The van der Waals surface area contributed by atoms with E-state index in [2.05, 4.69) is 31.3 Å². The van der Waals surface area contributed by atoms with Gasteiger partial charge in [0.15, 0.2) is 5.84 Å². The zero-order valence-corrected chi connectivity index (χ0v) is 13.5. The van der Waals surface area contributed by atoms with E-state index in [1.54, 1.807) is 6.92 Å². The Labute approximate surface area is 130 Å². The second-order valence-corrected chi connectivity index (χ2v) is 5.50. The van der Waals surface area contributed by atoms with Crippen LogP contribution in [0.25, 0.3) is 0 Å². The highest BCUT2D eigenvalue weighted by Gasteiger charge is 2.17. The van der Waals surface area contributed by atoms with Crippen LogP contribution in [-0.4, -0.2) is 21.2 Å². The summed E-state index contributed by atoms with van der Waals surface area (Å²) in [5.74, 6) is 0.775. The Bertz CT molecular complexity index is 716. The predicted octanol–water partition coefficient (Wildman–Crippen LogP) is 3.05. The smallest absolute Gasteiger partial charge is 0.250 e. The third kappa shape index (κ3) is 3.13. The van der Waals surface area contributed by atoms with Gasteiger partial charge in [0.25, 0.3) is 0 Å². The summed E-state index contributed by atoms with van der Waals surface area (Å²) in [6.07, 6.45) is 0. The number of halogens is 1. The number of oxime groups is 1. The van der Waals surface area contributed by atoms with Gasteiger partial charge in [-0.05, 0) is 50.1 Å². The monoisotopic (exact) mass is 350 g/mol. The zero-order valence-electron chi connectivity index (χ0n) is 11.9. The lowest BCUT2D eigenvalue weighted by Crippen LogP contribution is -2.18. The van der Waals surface area contributed by atoms with Crippen LogP contribution in [0.5, 0.6) is 11.6 Å². The van der Waals surface area contributed by atoms with Gasteiger partial charge < -0.3 is 15.7 Å². The Morgan fingerprint density at radius 1 is 1.29 bits per heavy atom. The fraction of sp³-hybridized carbons (Fsp3) is 0.214. The topological polar surface area (TPSA) is 93.6 Å². The van der Waals surface area contributed by atoms with Crippen LogP contribution < -0.4 is 10.5 Å². The molecule has 0 aliphatic carbocycles. The van der Waals surface area contributed by atoms with Gasteiger partial charge in [0.05, 0.1) is 11.3 Å². The third-order valence-electron chi connectivity index (χ3n) is 3.13. The summed E-state index contributed by atoms with van der Waals surface area (Å²) in [6.45, 7) is 5.53. The minimum atomic E-state index is -0.0599. The molecule has 0 unspecified atom stereocenters. The van der Waals surface area contributed by atoms with E-state index in [1.165, 1.54) is 0 Å². The quantitative estimate of drug-likeness (QED) is 0.384. The van der Waals surface area contributed by atoms with Crippen LogP contribution in [0.1, 0.15) is 22.4 Å². The summed E-state index contributed by atoms with van der Waals surface area (Å²) in [5.41, 5.74) is 8.53. The SMILES string of the molecule is Cc1cc(Br)ccc1Oc1nnc(C)c(C)c1C(N)=NO. The van der Waals surface area contributed by atoms with Crippen molar-refractivity contribution in [2.75, 3.05) is 0 Å². The van der Waals surface area contributed by atoms with E-state index in [-0.39, 0.29) is 11.7 Å². The average Bonchev–Trinajstić information content (AvgIpc) is 2.45. The third-order valence-corrected chi connectivity index (χ3v) is 3.62. The molecule has 6 nitrogen and oxygen atoms in total. The molecule has 0 aliphatic heterocycles. The Morgan fingerprint density at radius 3 is 2.62 bits per heavy atom. The number of benzene rings is 1. The molecule has 0 aliphatic rings. The average molecular weight is 351 g/mol. The van der Waals surface area contributed by atoms with Crippen molar-refractivity contribution in [3.05, 3.63) is 45.1 Å². The van der Waals surface area contributed by atoms with Gasteiger partial charge in [-0.3, -0.25) is 0 Å². The second-order valence-electron chi connectivity index (χ2n) is 4.59. The first-order chi connectivity index (χ1) is 9.93. The first kappa shape index (κ1) is 15.2. The van der Waals surface area contributed by atoms with Crippen molar-refractivity contribution in [3.8, 4) is 11.6 Å². The Morgan fingerprint density at radius 2 is 2.00 bits per heavy atom. The van der Waals surface area contributed by atoms with Crippen molar-refractivity contribution in [2.45, 2.75) is 20.8 Å². The fourth-order valence-corrected chi connectivity index (χ4v) is 2.32. The maximum Gasteiger partial charge on any atom is 0.250 e. The molecule has 110 valence electrons. The highest BCUT2D eigenvalue weighted by atomic mass is 79.9. The Kier molecular flexibility index (Phi) is 4.42. The summed E-state index contributed by atoms with van der Waals surface area (Å²) < 4.78 is 6.74. The number of nitrogens with zero attached hydrogens (tertiary/aromatic N) is 3. The molecule has 0 saturated heterocycles. The molecule has 0 atom stereocenters. The van der Waals surface area contributed by atoms with Gasteiger partial charge in [0, 0.05) is 4.47 Å². The number of rotatable bonds is 3. The van der Waals surface area contributed by atoms with Crippen LogP contribution >= 0.6 is 15.9 Å². The van der Waals surface area contributed by atoms with Crippen LogP contribution in [0.3, 0.4) is 0 Å². The van der Waals surface area contributed by atoms with E-state index in [4.69, 9.17) is 15.7 Å². The number of hydrogen-bond acceptors (Lipinski definition) is 5. The van der Waals surface area contributed by atoms with Crippen LogP contribution in [0.4, 0.5) is 0 Å². The highest BCUT2D eigenvalue weighted by Crippen LogP contribution is 2.29. The summed E-state index contributed by atoms with van der Waals surface area (Å²) in [5, 5.41) is 20.0. The molecule has 1 aromatic carbocycles. The van der Waals surface area contributed by atoms with E-state index in [1.807, 2.05) is 32.0 Å². The Balaban J connectivity index is 2.52. The van der Waals surface area contributed by atoms with Crippen molar-refractivity contribution in [2.24, 2.45) is 10.9 Å². The zero-order chi connectivity index (χ0) is 15.6. The van der Waals surface area contributed by atoms with Crippen LogP contribution in [0.2, 0.25) is 0 Å². The van der Waals surface area contributed by atoms with E-state index < -0.39 is 0 Å². The minimum Gasteiger partial charge on any atom is -0.437 e. The van der Waals surface area contributed by atoms with Crippen molar-refractivity contribution < 1.29 is 9.94 Å². The summed E-state index contributed by atoms with van der Waals surface area (Å²) in [6, 6.07) is 5.60. The van der Waals surface area contributed by atoms with Crippen LogP contribution in [-0.2, 0) is 0 Å². The molecule has 21 heavy (non-hydrogen) atoms. The van der Waals surface area contributed by atoms with Gasteiger partial charge in [0.2, 0.25) is 5.88 Å². The van der Waals surface area contributed by atoms with Crippen molar-refractivity contribution in [1.29, 1.82) is 0 Å². The molecule has 7 heteroatoms. The van der Waals surface area contributed by atoms with Gasteiger partial charge in [-0.1, -0.05) is 21.1 Å². The van der Waals surface area contributed by atoms with Crippen molar-refractivity contribution >= 4 is 21.8 Å². The maximum absolute atomic E-state index is 8.94. The number of ether oxygens (including phenoxy) is 1. The molecule has 0 amide bonds. The van der Waals surface area contributed by atoms with Crippen molar-refractivity contribution in [1.82, 2.24) is 10.2 Å². The number of hydrogen-bond donors (Lipinski definition) is 2. The van der Waals surface area contributed by atoms with Crippen molar-refractivity contribution in [3.63, 3.8) is 0 Å². The molecular weight excluding hydrogens is 336 g/mol. The molecular formula is C14H15BrN4O2. The number of aromatic nitrogens is 2. The molecule has 0 radical (unpaired) electrons. The number of amidine groups is 1. The molecule has 0 bridgehead atoms. The summed E-state index contributed by atoms with van der Waals surface area (Å²) in [7, 11) is 0. The fourth-order valence-electron chi connectivity index (χ4n) is 1.84. The van der Waals surface area contributed by atoms with Gasteiger partial charge in [-0.15, -0.1) is 5.10 Å². The number of aryl methyl sites for hydroxylation is 2. The van der Waals surface area contributed by atoms with Crippen LogP contribution in [0.15, 0.2) is 27.8 Å². The lowest BCUT2D eigenvalue weighted by atomic mass is 10.1. The van der Waals surface area contributed by atoms with E-state index in [9.17, 15) is 0 Å². The van der Waals surface area contributed by atoms with E-state index >= 15 is 0 Å². The predicted molar refractivity (Wildman–Crippen MR) is 83.0 cm³/mol. The van der Waals surface area contributed by atoms with Gasteiger partial charge in [-0.2, -0.15) is 5.10 Å². The minimum absolute atomic E-state index is 0.0599. The first-order valence-corrected chi connectivity index (χ1v) is 6.99. The normalized spacial score (nSPS) is 11.5. The van der Waals surface area contributed by atoms with Gasteiger partial charge >= 0.3 is 0 Å². The van der Waals surface area contributed by atoms with E-state index in [0.717, 1.165) is 15.6 Å². The second kappa shape index (κ2) is 6.09. The molecule has 1 aromatic heterocycles. The maximum atomic E-state index is 8.94. The van der Waals surface area contributed by atoms with Gasteiger partial charge in [0.1, 0.15) is 5.75 Å². The molecule has 1 heterocycles. The standard InChI is InChI=1S/C14H15BrN4O2/c1-7-6-10(15)4-5-11(7)21-14-12(13(16)19-20)8(2)9(3)17-18-14/h4-6,20H,1-3H3,(H2,16,19). The molecule has 0 spiro atoms. The number of nitrogens with two attached hydrogens (primary N) is 1. The Hall–Kier alpha value is -2.15. The molecule has 2 rings (SSSR count). The van der Waals surface area contributed by atoms with Gasteiger partial charge in [-0.25, -0.2) is 0 Å². The molecule has 2 aromatic rings. The highest BCUT2D eigenvalue weighted by molar-refractivity contribution is 9.10. The first-order valence-electron chi connectivity index (χ1n) is 6.19. The largest absolute Gasteiger partial charge is 0.437 e. The molecule has 3 N–H and O–H groups in total. The lowest BCUT2D eigenvalue weighted by molar-refractivity contribution is 0.318. The lowest BCUT2D eigenvalue weighted by Gasteiger charge is -2.13.